The van der Waals surface area contributed by atoms with Crippen LogP contribution in [0.5, 0.6) is 0 Å². The lowest BCUT2D eigenvalue weighted by molar-refractivity contribution is 0.0696. The predicted octanol–water partition coefficient (Wildman–Crippen LogP) is 3.36. The summed E-state index contributed by atoms with van der Waals surface area (Å²) in [6.07, 6.45) is 1.60. The number of pyridine rings is 1. The third-order valence-electron chi connectivity index (χ3n) is 5.12. The third kappa shape index (κ3) is 4.41. The molecule has 0 unspecified atom stereocenters. The van der Waals surface area contributed by atoms with Crippen molar-refractivity contribution in [3.05, 3.63) is 84.1 Å². The van der Waals surface area contributed by atoms with Gasteiger partial charge in [0.25, 0.3) is 5.91 Å². The number of carbonyl (C=O) groups excluding carboxylic acids is 1. The SMILES string of the molecule is O=C(O)c1ccc(N2CCN(c3ccc(C(=O)Nc4ccccc4)cn3)CC2)cc1. The maximum atomic E-state index is 12.4. The number of amides is 1. The zero-order chi connectivity index (χ0) is 20.9. The van der Waals surface area contributed by atoms with Gasteiger partial charge in [0, 0.05) is 43.8 Å². The molecule has 7 heteroatoms. The molecule has 7 nitrogen and oxygen atoms in total. The number of aromatic carboxylic acids is 1. The summed E-state index contributed by atoms with van der Waals surface area (Å²) in [6.45, 7) is 3.21. The zero-order valence-electron chi connectivity index (χ0n) is 16.4. The highest BCUT2D eigenvalue weighted by molar-refractivity contribution is 6.04. The van der Waals surface area contributed by atoms with E-state index in [1.54, 1.807) is 24.4 Å². The van der Waals surface area contributed by atoms with E-state index < -0.39 is 5.97 Å². The van der Waals surface area contributed by atoms with Crippen molar-refractivity contribution < 1.29 is 14.7 Å². The van der Waals surface area contributed by atoms with Crippen molar-refractivity contribution in [2.75, 3.05) is 41.3 Å². The van der Waals surface area contributed by atoms with Gasteiger partial charge in [-0.2, -0.15) is 0 Å². The number of rotatable bonds is 5. The molecule has 0 spiro atoms. The molecule has 3 aromatic rings. The molecule has 0 radical (unpaired) electrons. The summed E-state index contributed by atoms with van der Waals surface area (Å²) < 4.78 is 0. The van der Waals surface area contributed by atoms with Crippen molar-refractivity contribution in [3.63, 3.8) is 0 Å². The fourth-order valence-electron chi connectivity index (χ4n) is 3.44. The molecular weight excluding hydrogens is 380 g/mol. The number of anilines is 3. The minimum Gasteiger partial charge on any atom is -0.478 e. The van der Waals surface area contributed by atoms with Gasteiger partial charge in [0.2, 0.25) is 0 Å². The number of carbonyl (C=O) groups is 2. The topological polar surface area (TPSA) is 85.8 Å². The molecule has 4 rings (SSSR count). The van der Waals surface area contributed by atoms with Gasteiger partial charge in [0.15, 0.2) is 0 Å². The Balaban J connectivity index is 1.34. The van der Waals surface area contributed by atoms with E-state index in [-0.39, 0.29) is 11.5 Å². The average Bonchev–Trinajstić information content (AvgIpc) is 2.80. The minimum atomic E-state index is -0.918. The van der Waals surface area contributed by atoms with Crippen LogP contribution in [0.4, 0.5) is 17.2 Å². The molecular formula is C23H22N4O3. The van der Waals surface area contributed by atoms with Crippen LogP contribution in [0.3, 0.4) is 0 Å². The Morgan fingerprint density at radius 1 is 0.800 bits per heavy atom. The second-order valence-corrected chi connectivity index (χ2v) is 7.05. The lowest BCUT2D eigenvalue weighted by atomic mass is 10.2. The lowest BCUT2D eigenvalue weighted by Gasteiger charge is -2.36. The summed E-state index contributed by atoms with van der Waals surface area (Å²) in [5.41, 5.74) is 2.57. The van der Waals surface area contributed by atoms with Gasteiger partial charge in [-0.1, -0.05) is 18.2 Å². The molecule has 1 aromatic heterocycles. The van der Waals surface area contributed by atoms with Crippen LogP contribution < -0.4 is 15.1 Å². The van der Waals surface area contributed by atoms with Gasteiger partial charge in [-0.05, 0) is 48.5 Å². The van der Waals surface area contributed by atoms with Gasteiger partial charge in [0.05, 0.1) is 11.1 Å². The number of piperazine rings is 1. The normalized spacial score (nSPS) is 13.7. The third-order valence-corrected chi connectivity index (χ3v) is 5.12. The molecule has 0 atom stereocenters. The zero-order valence-corrected chi connectivity index (χ0v) is 16.4. The number of nitrogens with zero attached hydrogens (tertiary/aromatic N) is 3. The van der Waals surface area contributed by atoms with E-state index in [9.17, 15) is 9.59 Å². The average molecular weight is 402 g/mol. The molecule has 0 aliphatic carbocycles. The maximum Gasteiger partial charge on any atom is 0.335 e. The molecule has 30 heavy (non-hydrogen) atoms. The number of benzene rings is 2. The van der Waals surface area contributed by atoms with E-state index in [4.69, 9.17) is 5.11 Å². The quantitative estimate of drug-likeness (QED) is 0.681. The Kier molecular flexibility index (Phi) is 5.61. The Labute approximate surface area is 174 Å². The fourth-order valence-corrected chi connectivity index (χ4v) is 3.44. The summed E-state index contributed by atoms with van der Waals surface area (Å²) >= 11 is 0. The first-order chi connectivity index (χ1) is 14.6. The molecule has 152 valence electrons. The summed E-state index contributed by atoms with van der Waals surface area (Å²) in [5, 5.41) is 11.9. The Hall–Kier alpha value is -3.87. The van der Waals surface area contributed by atoms with Crippen LogP contribution in [0.25, 0.3) is 0 Å². The van der Waals surface area contributed by atoms with Crippen molar-refractivity contribution in [2.24, 2.45) is 0 Å². The van der Waals surface area contributed by atoms with Crippen LogP contribution in [0.2, 0.25) is 0 Å². The van der Waals surface area contributed by atoms with Gasteiger partial charge < -0.3 is 20.2 Å². The van der Waals surface area contributed by atoms with Crippen LogP contribution in [0.1, 0.15) is 20.7 Å². The van der Waals surface area contributed by atoms with Crippen LogP contribution in [0.15, 0.2) is 72.9 Å². The van der Waals surface area contributed by atoms with Gasteiger partial charge in [0.1, 0.15) is 5.82 Å². The van der Waals surface area contributed by atoms with Gasteiger partial charge in [-0.25, -0.2) is 9.78 Å². The molecule has 1 aliphatic rings. The minimum absolute atomic E-state index is 0.185. The second kappa shape index (κ2) is 8.65. The van der Waals surface area contributed by atoms with Crippen molar-refractivity contribution in [1.29, 1.82) is 0 Å². The number of para-hydroxylation sites is 1. The molecule has 2 N–H and O–H groups in total. The van der Waals surface area contributed by atoms with E-state index in [0.29, 0.717) is 5.56 Å². The lowest BCUT2D eigenvalue weighted by Crippen LogP contribution is -2.46. The highest BCUT2D eigenvalue weighted by Crippen LogP contribution is 2.20. The van der Waals surface area contributed by atoms with E-state index in [0.717, 1.165) is 43.4 Å². The van der Waals surface area contributed by atoms with Crippen molar-refractivity contribution in [2.45, 2.75) is 0 Å². The van der Waals surface area contributed by atoms with Gasteiger partial charge >= 0.3 is 5.97 Å². The van der Waals surface area contributed by atoms with E-state index >= 15 is 0 Å². The van der Waals surface area contributed by atoms with Crippen molar-refractivity contribution in [1.82, 2.24) is 4.98 Å². The molecule has 1 amide bonds. The predicted molar refractivity (Wildman–Crippen MR) is 116 cm³/mol. The van der Waals surface area contributed by atoms with Crippen LogP contribution in [0, 0.1) is 0 Å². The molecule has 2 heterocycles. The summed E-state index contributed by atoms with van der Waals surface area (Å²) in [5.74, 6) is -0.264. The highest BCUT2D eigenvalue weighted by atomic mass is 16.4. The van der Waals surface area contributed by atoms with E-state index in [2.05, 4.69) is 20.1 Å². The van der Waals surface area contributed by atoms with E-state index in [1.807, 2.05) is 48.5 Å². The standard InChI is InChI=1S/C23H22N4O3/c28-22(25-19-4-2-1-3-5-19)18-8-11-21(24-16-18)27-14-12-26(13-15-27)20-9-6-17(7-10-20)23(29)30/h1-11,16H,12-15H2,(H,25,28)(H,29,30). The maximum absolute atomic E-state index is 12.4. The van der Waals surface area contributed by atoms with Gasteiger partial charge in [-0.15, -0.1) is 0 Å². The van der Waals surface area contributed by atoms with Crippen molar-refractivity contribution in [3.8, 4) is 0 Å². The number of hydrogen-bond acceptors (Lipinski definition) is 5. The first kappa shape index (κ1) is 19.4. The molecule has 2 aromatic carbocycles. The molecule has 0 bridgehead atoms. The number of carboxylic acid groups (broad SMARTS) is 1. The summed E-state index contributed by atoms with van der Waals surface area (Å²) in [7, 11) is 0. The first-order valence-corrected chi connectivity index (χ1v) is 9.76. The highest BCUT2D eigenvalue weighted by Gasteiger charge is 2.19. The Bertz CT molecular complexity index is 1010. The molecule has 0 saturated carbocycles. The largest absolute Gasteiger partial charge is 0.478 e. The second-order valence-electron chi connectivity index (χ2n) is 7.05. The van der Waals surface area contributed by atoms with Crippen LogP contribution >= 0.6 is 0 Å². The molecule has 1 saturated heterocycles. The number of carboxylic acids is 1. The molecule has 1 fully saturated rings. The Morgan fingerprint density at radius 3 is 2.03 bits per heavy atom. The number of aromatic nitrogens is 1. The number of hydrogen-bond donors (Lipinski definition) is 2. The molecule has 1 aliphatic heterocycles. The fraction of sp³-hybridized carbons (Fsp3) is 0.174. The summed E-state index contributed by atoms with van der Waals surface area (Å²) in [6, 6.07) is 19.9. The summed E-state index contributed by atoms with van der Waals surface area (Å²) in [4.78, 5) is 32.2. The van der Waals surface area contributed by atoms with Gasteiger partial charge in [-0.3, -0.25) is 4.79 Å². The first-order valence-electron chi connectivity index (χ1n) is 9.76. The van der Waals surface area contributed by atoms with Crippen LogP contribution in [-0.2, 0) is 0 Å². The number of nitrogens with one attached hydrogen (secondary N) is 1. The van der Waals surface area contributed by atoms with Crippen molar-refractivity contribution >= 4 is 29.1 Å². The Morgan fingerprint density at radius 2 is 1.43 bits per heavy atom. The van der Waals surface area contributed by atoms with Crippen LogP contribution in [-0.4, -0.2) is 48.1 Å². The van der Waals surface area contributed by atoms with E-state index in [1.165, 1.54) is 0 Å². The smallest absolute Gasteiger partial charge is 0.335 e. The monoisotopic (exact) mass is 402 g/mol.